The van der Waals surface area contributed by atoms with E-state index >= 15 is 0 Å². The van der Waals surface area contributed by atoms with E-state index in [1.165, 1.54) is 12.3 Å². The van der Waals surface area contributed by atoms with Gasteiger partial charge in [0.2, 0.25) is 0 Å². The molecule has 0 saturated heterocycles. The van der Waals surface area contributed by atoms with Gasteiger partial charge in [-0.1, -0.05) is 23.2 Å². The van der Waals surface area contributed by atoms with Crippen molar-refractivity contribution in [3.63, 3.8) is 0 Å². The zero-order valence-corrected chi connectivity index (χ0v) is 13.4. The van der Waals surface area contributed by atoms with Crippen LogP contribution in [0.2, 0.25) is 10.2 Å². The summed E-state index contributed by atoms with van der Waals surface area (Å²) in [6, 6.07) is 2.52. The molecule has 106 valence electrons. The van der Waals surface area contributed by atoms with Gasteiger partial charge in [-0.2, -0.15) is 0 Å². The van der Waals surface area contributed by atoms with Crippen LogP contribution in [0, 0.1) is 0 Å². The number of hydrogen-bond acceptors (Lipinski definition) is 4. The van der Waals surface area contributed by atoms with Crippen LogP contribution in [0.4, 0.5) is 5.69 Å². The first kappa shape index (κ1) is 15.3. The topological polar surface area (TPSA) is 91.9 Å². The van der Waals surface area contributed by atoms with Crippen molar-refractivity contribution in [1.82, 2.24) is 9.97 Å². The van der Waals surface area contributed by atoms with E-state index in [-0.39, 0.29) is 20.8 Å². The molecular formula is C10H6BrCl2N3O3S. The van der Waals surface area contributed by atoms with Crippen LogP contribution in [-0.4, -0.2) is 18.4 Å². The average molecular weight is 399 g/mol. The molecule has 0 amide bonds. The van der Waals surface area contributed by atoms with Gasteiger partial charge in [-0.25, -0.2) is 13.4 Å². The number of hydrogen-bond donors (Lipinski definition) is 2. The molecule has 0 atom stereocenters. The third-order valence-electron chi connectivity index (χ3n) is 2.19. The van der Waals surface area contributed by atoms with Gasteiger partial charge in [0.25, 0.3) is 15.6 Å². The van der Waals surface area contributed by atoms with Crippen LogP contribution in [0.1, 0.15) is 0 Å². The molecule has 2 aromatic heterocycles. The van der Waals surface area contributed by atoms with E-state index in [4.69, 9.17) is 23.2 Å². The number of anilines is 1. The molecule has 0 aliphatic rings. The molecule has 2 N–H and O–H groups in total. The van der Waals surface area contributed by atoms with Gasteiger partial charge in [0.1, 0.15) is 15.1 Å². The Hall–Kier alpha value is -1.09. The number of nitrogens with zero attached hydrogens (tertiary/aromatic N) is 1. The molecule has 2 aromatic rings. The minimum atomic E-state index is -3.89. The van der Waals surface area contributed by atoms with E-state index in [1.54, 1.807) is 0 Å². The SMILES string of the molecule is O=c1[nH]cc(S(=O)(=O)Nc2cnc(Cl)c(Br)c2)cc1Cl. The van der Waals surface area contributed by atoms with Crippen molar-refractivity contribution < 1.29 is 8.42 Å². The van der Waals surface area contributed by atoms with Crippen LogP contribution >= 0.6 is 39.1 Å². The molecule has 0 bridgehead atoms. The van der Waals surface area contributed by atoms with Crippen LogP contribution in [0.5, 0.6) is 0 Å². The number of aromatic nitrogens is 2. The number of H-pyrrole nitrogens is 1. The number of aromatic amines is 1. The Morgan fingerprint density at radius 1 is 1.30 bits per heavy atom. The minimum absolute atomic E-state index is 0.173. The highest BCUT2D eigenvalue weighted by Gasteiger charge is 2.16. The van der Waals surface area contributed by atoms with Crippen molar-refractivity contribution in [2.75, 3.05) is 4.72 Å². The lowest BCUT2D eigenvalue weighted by atomic mass is 10.4. The Kier molecular flexibility index (Phi) is 4.38. The molecule has 20 heavy (non-hydrogen) atoms. The predicted octanol–water partition coefficient (Wildman–Crippen LogP) is 2.64. The fourth-order valence-corrected chi connectivity index (χ4v) is 3.00. The maximum atomic E-state index is 12.1. The van der Waals surface area contributed by atoms with Crippen molar-refractivity contribution in [2.24, 2.45) is 0 Å². The third-order valence-corrected chi connectivity index (χ3v) is 4.97. The monoisotopic (exact) mass is 397 g/mol. The van der Waals surface area contributed by atoms with Crippen molar-refractivity contribution in [2.45, 2.75) is 4.90 Å². The molecule has 0 radical (unpaired) electrons. The lowest BCUT2D eigenvalue weighted by Crippen LogP contribution is -2.16. The quantitative estimate of drug-likeness (QED) is 0.777. The van der Waals surface area contributed by atoms with Gasteiger partial charge in [0.15, 0.2) is 0 Å². The predicted molar refractivity (Wildman–Crippen MR) is 79.8 cm³/mol. The highest BCUT2D eigenvalue weighted by Crippen LogP contribution is 2.24. The average Bonchev–Trinajstić information content (AvgIpc) is 2.37. The Balaban J connectivity index is 2.37. The summed E-state index contributed by atoms with van der Waals surface area (Å²) in [5.74, 6) is 0. The van der Waals surface area contributed by atoms with Gasteiger partial charge in [-0.3, -0.25) is 9.52 Å². The first-order valence-electron chi connectivity index (χ1n) is 5.02. The summed E-state index contributed by atoms with van der Waals surface area (Å²) in [6.45, 7) is 0. The molecule has 6 nitrogen and oxygen atoms in total. The second kappa shape index (κ2) is 5.72. The molecule has 0 aliphatic carbocycles. The molecule has 2 heterocycles. The Labute approximate surface area is 132 Å². The third kappa shape index (κ3) is 3.32. The molecule has 0 fully saturated rings. The summed E-state index contributed by atoms with van der Waals surface area (Å²) in [5.41, 5.74) is -0.356. The summed E-state index contributed by atoms with van der Waals surface area (Å²) in [4.78, 5) is 17.0. The molecule has 2 rings (SSSR count). The lowest BCUT2D eigenvalue weighted by Gasteiger charge is -2.08. The van der Waals surface area contributed by atoms with E-state index in [0.29, 0.717) is 4.47 Å². The fraction of sp³-hybridized carbons (Fsp3) is 0. The fourth-order valence-electron chi connectivity index (χ4n) is 1.28. The summed E-state index contributed by atoms with van der Waals surface area (Å²) in [5, 5.41) is -0.0108. The molecule has 0 aliphatic heterocycles. The van der Waals surface area contributed by atoms with Crippen LogP contribution in [0.3, 0.4) is 0 Å². The number of pyridine rings is 2. The van der Waals surface area contributed by atoms with Crippen LogP contribution < -0.4 is 10.3 Å². The van der Waals surface area contributed by atoms with Crippen molar-refractivity contribution in [1.29, 1.82) is 0 Å². The highest BCUT2D eigenvalue weighted by atomic mass is 79.9. The van der Waals surface area contributed by atoms with E-state index in [2.05, 4.69) is 30.6 Å². The largest absolute Gasteiger partial charge is 0.326 e. The smallest absolute Gasteiger partial charge is 0.266 e. The Morgan fingerprint density at radius 3 is 2.60 bits per heavy atom. The van der Waals surface area contributed by atoms with Crippen molar-refractivity contribution in [3.8, 4) is 0 Å². The summed E-state index contributed by atoms with van der Waals surface area (Å²) >= 11 is 14.4. The zero-order chi connectivity index (χ0) is 14.9. The van der Waals surface area contributed by atoms with Crippen LogP contribution in [0.25, 0.3) is 0 Å². The van der Waals surface area contributed by atoms with Crippen LogP contribution in [0.15, 0.2) is 38.7 Å². The summed E-state index contributed by atoms with van der Waals surface area (Å²) in [7, 11) is -3.89. The Morgan fingerprint density at radius 2 is 2.00 bits per heavy atom. The highest BCUT2D eigenvalue weighted by molar-refractivity contribution is 9.10. The van der Waals surface area contributed by atoms with E-state index < -0.39 is 15.6 Å². The van der Waals surface area contributed by atoms with E-state index in [9.17, 15) is 13.2 Å². The maximum absolute atomic E-state index is 12.1. The zero-order valence-electron chi connectivity index (χ0n) is 9.52. The first-order chi connectivity index (χ1) is 9.29. The van der Waals surface area contributed by atoms with Gasteiger partial charge in [-0.05, 0) is 28.1 Å². The van der Waals surface area contributed by atoms with Gasteiger partial charge in [-0.15, -0.1) is 0 Å². The number of sulfonamides is 1. The first-order valence-corrected chi connectivity index (χ1v) is 8.05. The van der Waals surface area contributed by atoms with Gasteiger partial charge in [0.05, 0.1) is 16.4 Å². The Bertz CT molecular complexity index is 823. The molecule has 10 heteroatoms. The van der Waals surface area contributed by atoms with Gasteiger partial charge < -0.3 is 4.98 Å². The number of halogens is 3. The van der Waals surface area contributed by atoms with Crippen molar-refractivity contribution in [3.05, 3.63) is 49.5 Å². The summed E-state index contributed by atoms with van der Waals surface area (Å²) < 4.78 is 26.9. The second-order valence-electron chi connectivity index (χ2n) is 3.61. The normalized spacial score (nSPS) is 11.3. The molecule has 0 aromatic carbocycles. The van der Waals surface area contributed by atoms with Gasteiger partial charge in [0, 0.05) is 6.20 Å². The van der Waals surface area contributed by atoms with Crippen LogP contribution in [-0.2, 0) is 10.0 Å². The standard InChI is InChI=1S/C10H6BrCl2N3O3S/c11-7-1-5(3-14-9(7)13)16-20(18,19)6-2-8(12)10(17)15-4-6/h1-4,16H,(H,15,17). The van der Waals surface area contributed by atoms with Gasteiger partial charge >= 0.3 is 0 Å². The molecule has 0 saturated carbocycles. The lowest BCUT2D eigenvalue weighted by molar-refractivity contribution is 0.600. The van der Waals surface area contributed by atoms with E-state index in [1.807, 2.05) is 0 Å². The molecule has 0 unspecified atom stereocenters. The molecule has 0 spiro atoms. The number of rotatable bonds is 3. The summed E-state index contributed by atoms with van der Waals surface area (Å²) in [6.07, 6.45) is 2.31. The van der Waals surface area contributed by atoms with Crippen molar-refractivity contribution >= 4 is 54.8 Å². The maximum Gasteiger partial charge on any atom is 0.266 e. The van der Waals surface area contributed by atoms with E-state index in [0.717, 1.165) is 12.3 Å². The number of nitrogens with one attached hydrogen (secondary N) is 2. The molecular weight excluding hydrogens is 393 g/mol. The minimum Gasteiger partial charge on any atom is -0.326 e. The second-order valence-corrected chi connectivity index (χ2v) is 6.92.